The second-order valence-electron chi connectivity index (χ2n) is 5.90. The van der Waals surface area contributed by atoms with Crippen molar-refractivity contribution >= 4 is 11.6 Å². The van der Waals surface area contributed by atoms with Gasteiger partial charge in [0.15, 0.2) is 0 Å². The van der Waals surface area contributed by atoms with Gasteiger partial charge in [-0.15, -0.1) is 0 Å². The zero-order chi connectivity index (χ0) is 16.3. The molecule has 1 unspecified atom stereocenters. The first-order valence-electron chi connectivity index (χ1n) is 8.53. The van der Waals surface area contributed by atoms with Crippen molar-refractivity contribution in [2.24, 2.45) is 5.92 Å². The van der Waals surface area contributed by atoms with E-state index in [1.165, 1.54) is 6.42 Å². The molecule has 0 saturated carbocycles. The van der Waals surface area contributed by atoms with E-state index in [1.54, 1.807) is 0 Å². The highest BCUT2D eigenvalue weighted by atomic mass is 16.5. The van der Waals surface area contributed by atoms with Crippen molar-refractivity contribution in [1.29, 1.82) is 0 Å². The van der Waals surface area contributed by atoms with Crippen LogP contribution in [0.4, 0.5) is 5.69 Å². The fourth-order valence-corrected chi connectivity index (χ4v) is 2.71. The maximum atomic E-state index is 12.0. The van der Waals surface area contributed by atoms with Gasteiger partial charge in [-0.25, -0.2) is 0 Å². The molecule has 0 spiro atoms. The van der Waals surface area contributed by atoms with E-state index >= 15 is 0 Å². The lowest BCUT2D eigenvalue weighted by atomic mass is 10.0. The molecule has 1 aliphatic rings. The van der Waals surface area contributed by atoms with Crippen LogP contribution in [0.1, 0.15) is 31.7 Å². The van der Waals surface area contributed by atoms with Crippen molar-refractivity contribution in [3.8, 4) is 0 Å². The molecule has 0 bridgehead atoms. The summed E-state index contributed by atoms with van der Waals surface area (Å²) in [6.45, 7) is 6.53. The lowest BCUT2D eigenvalue weighted by Gasteiger charge is -2.10. The van der Waals surface area contributed by atoms with Crippen molar-refractivity contribution in [1.82, 2.24) is 5.32 Å². The SMILES string of the molecule is CCOCCOCc1cccc(NC(=O)CCC2CCNC2)c1. The van der Waals surface area contributed by atoms with Gasteiger partial charge in [0, 0.05) is 18.7 Å². The molecule has 0 aromatic heterocycles. The monoisotopic (exact) mass is 320 g/mol. The van der Waals surface area contributed by atoms with E-state index < -0.39 is 0 Å². The Kier molecular flexibility index (Phi) is 8.07. The predicted octanol–water partition coefficient (Wildman–Crippen LogP) is 2.57. The highest BCUT2D eigenvalue weighted by molar-refractivity contribution is 5.90. The first-order valence-corrected chi connectivity index (χ1v) is 8.53. The van der Waals surface area contributed by atoms with Gasteiger partial charge in [0.25, 0.3) is 0 Å². The lowest BCUT2D eigenvalue weighted by molar-refractivity contribution is -0.116. The standard InChI is InChI=1S/C18H28N2O3/c1-2-22-10-11-23-14-16-4-3-5-17(12-16)20-18(21)7-6-15-8-9-19-13-15/h3-5,12,15,19H,2,6-11,13-14H2,1H3,(H,20,21). The van der Waals surface area contributed by atoms with Crippen LogP contribution in [-0.2, 0) is 20.9 Å². The molecule has 0 radical (unpaired) electrons. The normalized spacial score (nSPS) is 17.3. The van der Waals surface area contributed by atoms with E-state index in [1.807, 2.05) is 31.2 Å². The van der Waals surface area contributed by atoms with Gasteiger partial charge in [0.05, 0.1) is 19.8 Å². The minimum absolute atomic E-state index is 0.0892. The molecule has 2 N–H and O–H groups in total. The molecule has 1 aromatic carbocycles. The minimum atomic E-state index is 0.0892. The number of hydrogen-bond donors (Lipinski definition) is 2. The smallest absolute Gasteiger partial charge is 0.224 e. The fraction of sp³-hybridized carbons (Fsp3) is 0.611. The summed E-state index contributed by atoms with van der Waals surface area (Å²) in [5.41, 5.74) is 1.89. The summed E-state index contributed by atoms with van der Waals surface area (Å²) in [6.07, 6.45) is 2.72. The highest BCUT2D eigenvalue weighted by Crippen LogP contribution is 2.16. The van der Waals surface area contributed by atoms with E-state index in [-0.39, 0.29) is 5.91 Å². The topological polar surface area (TPSA) is 59.6 Å². The van der Waals surface area contributed by atoms with Gasteiger partial charge in [-0.3, -0.25) is 4.79 Å². The molecular formula is C18H28N2O3. The zero-order valence-corrected chi connectivity index (χ0v) is 14.0. The van der Waals surface area contributed by atoms with Gasteiger partial charge >= 0.3 is 0 Å². The molecule has 128 valence electrons. The average Bonchev–Trinajstić information content (AvgIpc) is 3.07. The third-order valence-corrected chi connectivity index (χ3v) is 4.00. The van der Waals surface area contributed by atoms with Crippen molar-refractivity contribution < 1.29 is 14.3 Å². The summed E-state index contributed by atoms with van der Waals surface area (Å²) in [5, 5.41) is 6.31. The molecule has 0 aliphatic carbocycles. The van der Waals surface area contributed by atoms with Crippen LogP contribution in [0.3, 0.4) is 0 Å². The van der Waals surface area contributed by atoms with Crippen LogP contribution in [-0.4, -0.2) is 38.8 Å². The molecular weight excluding hydrogens is 292 g/mol. The molecule has 1 atom stereocenters. The number of rotatable bonds is 10. The molecule has 1 heterocycles. The van der Waals surface area contributed by atoms with E-state index in [0.29, 0.717) is 38.8 Å². The fourth-order valence-electron chi connectivity index (χ4n) is 2.71. The number of anilines is 1. The molecule has 1 amide bonds. The molecule has 2 rings (SSSR count). The van der Waals surface area contributed by atoms with Gasteiger partial charge in [-0.05, 0) is 56.5 Å². The summed E-state index contributed by atoms with van der Waals surface area (Å²) in [6, 6.07) is 7.83. The molecule has 1 saturated heterocycles. The molecule has 5 heteroatoms. The second-order valence-corrected chi connectivity index (χ2v) is 5.90. The molecule has 1 aromatic rings. The Bertz CT molecular complexity index is 473. The van der Waals surface area contributed by atoms with Crippen molar-refractivity contribution in [3.63, 3.8) is 0 Å². The molecule has 1 aliphatic heterocycles. The average molecular weight is 320 g/mol. The number of ether oxygens (including phenoxy) is 2. The van der Waals surface area contributed by atoms with Crippen molar-refractivity contribution in [2.45, 2.75) is 32.8 Å². The summed E-state index contributed by atoms with van der Waals surface area (Å²) < 4.78 is 10.8. The zero-order valence-electron chi connectivity index (χ0n) is 14.0. The second kappa shape index (κ2) is 10.4. The van der Waals surface area contributed by atoms with Crippen LogP contribution in [0.25, 0.3) is 0 Å². The van der Waals surface area contributed by atoms with E-state index in [0.717, 1.165) is 30.8 Å². The van der Waals surface area contributed by atoms with Gasteiger partial charge in [0.1, 0.15) is 0 Å². The maximum absolute atomic E-state index is 12.0. The number of benzene rings is 1. The molecule has 23 heavy (non-hydrogen) atoms. The summed E-state index contributed by atoms with van der Waals surface area (Å²) in [7, 11) is 0. The number of carbonyl (C=O) groups is 1. The van der Waals surface area contributed by atoms with Gasteiger partial charge in [0.2, 0.25) is 5.91 Å². The van der Waals surface area contributed by atoms with Crippen molar-refractivity contribution in [2.75, 3.05) is 38.2 Å². The summed E-state index contributed by atoms with van der Waals surface area (Å²) in [5.74, 6) is 0.733. The Hall–Kier alpha value is -1.43. The van der Waals surface area contributed by atoms with Crippen LogP contribution in [0.15, 0.2) is 24.3 Å². The van der Waals surface area contributed by atoms with E-state index in [4.69, 9.17) is 9.47 Å². The quantitative estimate of drug-likeness (QED) is 0.651. The Balaban J connectivity index is 1.69. The lowest BCUT2D eigenvalue weighted by Crippen LogP contribution is -2.15. The van der Waals surface area contributed by atoms with Crippen LogP contribution in [0, 0.1) is 5.92 Å². The molecule has 1 fully saturated rings. The maximum Gasteiger partial charge on any atom is 0.224 e. The van der Waals surface area contributed by atoms with Crippen LogP contribution >= 0.6 is 0 Å². The van der Waals surface area contributed by atoms with Gasteiger partial charge in [-0.1, -0.05) is 12.1 Å². The number of carbonyl (C=O) groups excluding carboxylic acids is 1. The highest BCUT2D eigenvalue weighted by Gasteiger charge is 2.15. The Morgan fingerprint density at radius 2 is 2.22 bits per heavy atom. The van der Waals surface area contributed by atoms with Crippen LogP contribution in [0.5, 0.6) is 0 Å². The summed E-state index contributed by atoms with van der Waals surface area (Å²) >= 11 is 0. The first kappa shape index (κ1) is 17.9. The van der Waals surface area contributed by atoms with E-state index in [9.17, 15) is 4.79 Å². The van der Waals surface area contributed by atoms with Crippen molar-refractivity contribution in [3.05, 3.63) is 29.8 Å². The van der Waals surface area contributed by atoms with Crippen LogP contribution in [0.2, 0.25) is 0 Å². The Morgan fingerprint density at radius 3 is 3.00 bits per heavy atom. The summed E-state index contributed by atoms with van der Waals surface area (Å²) in [4.78, 5) is 12.0. The van der Waals surface area contributed by atoms with E-state index in [2.05, 4.69) is 10.6 Å². The first-order chi connectivity index (χ1) is 11.3. The van der Waals surface area contributed by atoms with Crippen LogP contribution < -0.4 is 10.6 Å². The molecule has 5 nitrogen and oxygen atoms in total. The largest absolute Gasteiger partial charge is 0.379 e. The van der Waals surface area contributed by atoms with Gasteiger partial charge in [-0.2, -0.15) is 0 Å². The number of amides is 1. The number of nitrogens with one attached hydrogen (secondary N) is 2. The Labute approximate surface area is 138 Å². The predicted molar refractivity (Wildman–Crippen MR) is 91.4 cm³/mol. The third-order valence-electron chi connectivity index (χ3n) is 4.00. The third kappa shape index (κ3) is 7.12. The van der Waals surface area contributed by atoms with Gasteiger partial charge < -0.3 is 20.1 Å². The Morgan fingerprint density at radius 1 is 1.35 bits per heavy atom. The number of hydrogen-bond acceptors (Lipinski definition) is 4. The minimum Gasteiger partial charge on any atom is -0.379 e.